The first-order chi connectivity index (χ1) is 7.49. The van der Waals surface area contributed by atoms with Crippen LogP contribution in [0.3, 0.4) is 0 Å². The molecule has 0 heterocycles. The zero-order valence-corrected chi connectivity index (χ0v) is 11.0. The quantitative estimate of drug-likeness (QED) is 0.646. The molecular formula is C12H18N2OS. The summed E-state index contributed by atoms with van der Waals surface area (Å²) < 4.78 is 0. The van der Waals surface area contributed by atoms with Gasteiger partial charge in [-0.05, 0) is 24.3 Å². The lowest BCUT2D eigenvalue weighted by Crippen LogP contribution is -2.36. The summed E-state index contributed by atoms with van der Waals surface area (Å²) >= 11 is 1.79. The van der Waals surface area contributed by atoms with Crippen LogP contribution in [0.1, 0.15) is 24.2 Å². The predicted octanol–water partition coefficient (Wildman–Crippen LogP) is 2.39. The first-order valence-electron chi connectivity index (χ1n) is 5.24. The van der Waals surface area contributed by atoms with Gasteiger partial charge < -0.3 is 0 Å². The number of thioether (sulfide) groups is 1. The van der Waals surface area contributed by atoms with Gasteiger partial charge in [-0.15, -0.1) is 11.8 Å². The van der Waals surface area contributed by atoms with Crippen molar-refractivity contribution in [2.75, 3.05) is 14.1 Å². The van der Waals surface area contributed by atoms with Crippen LogP contribution >= 0.6 is 11.8 Å². The van der Waals surface area contributed by atoms with E-state index in [-0.39, 0.29) is 5.91 Å². The van der Waals surface area contributed by atoms with Gasteiger partial charge in [-0.25, -0.2) is 5.01 Å². The standard InChI is InChI=1S/C12H18N2OS/c1-9(2)16-11-7-5-10(6-8-11)12(15)13-14(3)4/h5-9H,1-4H3,(H,13,15). The highest BCUT2D eigenvalue weighted by Crippen LogP contribution is 2.22. The number of hydrogen-bond donors (Lipinski definition) is 1. The highest BCUT2D eigenvalue weighted by Gasteiger charge is 2.06. The molecule has 1 N–H and O–H groups in total. The normalized spacial score (nSPS) is 10.9. The van der Waals surface area contributed by atoms with Gasteiger partial charge >= 0.3 is 0 Å². The molecule has 0 aliphatic rings. The predicted molar refractivity (Wildman–Crippen MR) is 68.6 cm³/mol. The minimum Gasteiger partial charge on any atom is -0.285 e. The summed E-state index contributed by atoms with van der Waals surface area (Å²) in [5.74, 6) is -0.0777. The van der Waals surface area contributed by atoms with Crippen molar-refractivity contribution >= 4 is 17.7 Å². The molecule has 4 heteroatoms. The lowest BCUT2D eigenvalue weighted by Gasteiger charge is -2.12. The van der Waals surface area contributed by atoms with Gasteiger partial charge in [-0.1, -0.05) is 13.8 Å². The number of amides is 1. The SMILES string of the molecule is CC(C)Sc1ccc(C(=O)NN(C)C)cc1. The van der Waals surface area contributed by atoms with Crippen LogP contribution in [0.2, 0.25) is 0 Å². The Bertz CT molecular complexity index is 347. The number of hydrogen-bond acceptors (Lipinski definition) is 3. The molecule has 0 aromatic heterocycles. The number of benzene rings is 1. The van der Waals surface area contributed by atoms with Crippen molar-refractivity contribution in [2.24, 2.45) is 0 Å². The van der Waals surface area contributed by atoms with Crippen molar-refractivity contribution in [3.63, 3.8) is 0 Å². The second kappa shape index (κ2) is 5.92. The van der Waals surface area contributed by atoms with Gasteiger partial charge in [0.25, 0.3) is 5.91 Å². The Morgan fingerprint density at radius 3 is 2.25 bits per heavy atom. The average molecular weight is 238 g/mol. The summed E-state index contributed by atoms with van der Waals surface area (Å²) in [6, 6.07) is 7.66. The Morgan fingerprint density at radius 2 is 1.81 bits per heavy atom. The smallest absolute Gasteiger partial charge is 0.265 e. The Balaban J connectivity index is 2.67. The summed E-state index contributed by atoms with van der Waals surface area (Å²) in [6.45, 7) is 4.30. The largest absolute Gasteiger partial charge is 0.285 e. The highest BCUT2D eigenvalue weighted by atomic mass is 32.2. The molecule has 88 valence electrons. The molecule has 0 aliphatic carbocycles. The minimum atomic E-state index is -0.0777. The van der Waals surface area contributed by atoms with E-state index in [1.54, 1.807) is 30.9 Å². The molecule has 1 rings (SSSR count). The molecule has 0 unspecified atom stereocenters. The van der Waals surface area contributed by atoms with Gasteiger partial charge in [0, 0.05) is 29.8 Å². The van der Waals surface area contributed by atoms with E-state index in [9.17, 15) is 4.79 Å². The second-order valence-electron chi connectivity index (χ2n) is 4.03. The van der Waals surface area contributed by atoms with Crippen LogP contribution in [0.5, 0.6) is 0 Å². The Kier molecular flexibility index (Phi) is 4.83. The zero-order valence-electron chi connectivity index (χ0n) is 10.2. The molecule has 1 aromatic carbocycles. The zero-order chi connectivity index (χ0) is 12.1. The number of nitrogens with zero attached hydrogens (tertiary/aromatic N) is 1. The van der Waals surface area contributed by atoms with Crippen LogP contribution in [0, 0.1) is 0 Å². The van der Waals surface area contributed by atoms with E-state index in [0.29, 0.717) is 10.8 Å². The van der Waals surface area contributed by atoms with E-state index in [1.165, 1.54) is 4.90 Å². The molecule has 0 fully saturated rings. The first kappa shape index (κ1) is 13.1. The third-order valence-corrected chi connectivity index (χ3v) is 2.83. The van der Waals surface area contributed by atoms with E-state index in [0.717, 1.165) is 0 Å². The van der Waals surface area contributed by atoms with Crippen LogP contribution in [0.15, 0.2) is 29.2 Å². The Hall–Kier alpha value is -1.00. The molecule has 0 spiro atoms. The van der Waals surface area contributed by atoms with Gasteiger partial charge in [-0.3, -0.25) is 10.2 Å². The van der Waals surface area contributed by atoms with Gasteiger partial charge in [-0.2, -0.15) is 0 Å². The van der Waals surface area contributed by atoms with Gasteiger partial charge in [0.2, 0.25) is 0 Å². The topological polar surface area (TPSA) is 32.3 Å². The number of rotatable bonds is 4. The van der Waals surface area contributed by atoms with Gasteiger partial charge in [0.1, 0.15) is 0 Å². The fraction of sp³-hybridized carbons (Fsp3) is 0.417. The maximum absolute atomic E-state index is 11.6. The molecular weight excluding hydrogens is 220 g/mol. The van der Waals surface area contributed by atoms with E-state index >= 15 is 0 Å². The summed E-state index contributed by atoms with van der Waals surface area (Å²) in [5, 5.41) is 2.19. The molecule has 0 radical (unpaired) electrons. The van der Waals surface area contributed by atoms with Crippen molar-refractivity contribution in [1.29, 1.82) is 0 Å². The summed E-state index contributed by atoms with van der Waals surface area (Å²) in [7, 11) is 3.59. The van der Waals surface area contributed by atoms with Crippen molar-refractivity contribution in [3.8, 4) is 0 Å². The highest BCUT2D eigenvalue weighted by molar-refractivity contribution is 7.99. The van der Waals surface area contributed by atoms with Crippen molar-refractivity contribution < 1.29 is 4.79 Å². The molecule has 1 aromatic rings. The van der Waals surface area contributed by atoms with Crippen molar-refractivity contribution in [2.45, 2.75) is 24.0 Å². The summed E-state index contributed by atoms with van der Waals surface area (Å²) in [5.41, 5.74) is 3.39. The number of nitrogens with one attached hydrogen (secondary N) is 1. The molecule has 0 aliphatic heterocycles. The number of hydrazine groups is 1. The van der Waals surface area contributed by atoms with Crippen LogP contribution in [0.4, 0.5) is 0 Å². The van der Waals surface area contributed by atoms with Gasteiger partial charge in [0.05, 0.1) is 0 Å². The minimum absolute atomic E-state index is 0.0777. The fourth-order valence-corrected chi connectivity index (χ4v) is 2.06. The molecule has 16 heavy (non-hydrogen) atoms. The Labute approximate surface area is 101 Å². The van der Waals surface area contributed by atoms with Crippen molar-refractivity contribution in [3.05, 3.63) is 29.8 Å². The maximum Gasteiger partial charge on any atom is 0.265 e. The molecule has 0 atom stereocenters. The summed E-state index contributed by atoms with van der Waals surface area (Å²) in [4.78, 5) is 12.8. The monoisotopic (exact) mass is 238 g/mol. The van der Waals surface area contributed by atoms with Crippen LogP contribution in [-0.2, 0) is 0 Å². The second-order valence-corrected chi connectivity index (χ2v) is 5.68. The van der Waals surface area contributed by atoms with E-state index < -0.39 is 0 Å². The Morgan fingerprint density at radius 1 is 1.25 bits per heavy atom. The van der Waals surface area contributed by atoms with E-state index in [1.807, 2.05) is 24.3 Å². The molecule has 0 saturated carbocycles. The maximum atomic E-state index is 11.6. The van der Waals surface area contributed by atoms with E-state index in [4.69, 9.17) is 0 Å². The van der Waals surface area contributed by atoms with Crippen LogP contribution < -0.4 is 5.43 Å². The van der Waals surface area contributed by atoms with Crippen LogP contribution in [-0.4, -0.2) is 30.3 Å². The average Bonchev–Trinajstić information content (AvgIpc) is 2.16. The molecule has 1 amide bonds. The molecule has 3 nitrogen and oxygen atoms in total. The van der Waals surface area contributed by atoms with E-state index in [2.05, 4.69) is 19.3 Å². The first-order valence-corrected chi connectivity index (χ1v) is 6.12. The van der Waals surface area contributed by atoms with Gasteiger partial charge in [0.15, 0.2) is 0 Å². The summed E-state index contributed by atoms with van der Waals surface area (Å²) in [6.07, 6.45) is 0. The number of carbonyl (C=O) groups is 1. The van der Waals surface area contributed by atoms with Crippen LogP contribution in [0.25, 0.3) is 0 Å². The molecule has 0 bridgehead atoms. The van der Waals surface area contributed by atoms with Crippen molar-refractivity contribution in [1.82, 2.24) is 10.4 Å². The number of carbonyl (C=O) groups excluding carboxylic acids is 1. The lowest BCUT2D eigenvalue weighted by molar-refractivity contribution is 0.0857. The third kappa shape index (κ3) is 4.24. The molecule has 0 saturated heterocycles. The fourth-order valence-electron chi connectivity index (χ4n) is 1.22. The lowest BCUT2D eigenvalue weighted by atomic mass is 10.2. The third-order valence-electron chi connectivity index (χ3n) is 1.81.